The van der Waals surface area contributed by atoms with Crippen LogP contribution in [0.5, 0.6) is 0 Å². The van der Waals surface area contributed by atoms with E-state index in [4.69, 9.17) is 4.98 Å². The summed E-state index contributed by atoms with van der Waals surface area (Å²) in [6.07, 6.45) is 0. The zero-order chi connectivity index (χ0) is 19.1. The third kappa shape index (κ3) is 2.95. The van der Waals surface area contributed by atoms with Crippen LogP contribution in [0.1, 0.15) is 18.5 Å². The van der Waals surface area contributed by atoms with Crippen LogP contribution in [0.4, 0.5) is 5.95 Å². The largest absolute Gasteiger partial charge is 0.334 e. The lowest BCUT2D eigenvalue weighted by molar-refractivity contribution is -0.880. The summed E-state index contributed by atoms with van der Waals surface area (Å²) in [5.74, 6) is 0.751. The molecule has 1 saturated heterocycles. The molecule has 0 bridgehead atoms. The molecule has 8 heteroatoms. The standard InChI is InChI=1S/C19H24N6O2/c1-13(14-7-5-4-6-8-14)25-15-16(23(3)19(27)21-17(15)26)20-18(25)24-11-9-22(2)10-12-24/h4-8,13H,9-12H2,1-3H3,(H,21,26,27)/p+1/t13-/m1/s1. The minimum Gasteiger partial charge on any atom is -0.334 e. The molecule has 0 aliphatic carbocycles. The molecule has 0 unspecified atom stereocenters. The fraction of sp³-hybridized carbons (Fsp3) is 0.421. The van der Waals surface area contributed by atoms with E-state index in [0.29, 0.717) is 11.2 Å². The van der Waals surface area contributed by atoms with Crippen molar-refractivity contribution in [2.45, 2.75) is 13.0 Å². The number of imidazole rings is 1. The Balaban J connectivity index is 1.96. The summed E-state index contributed by atoms with van der Waals surface area (Å²) in [4.78, 5) is 35.7. The lowest BCUT2D eigenvalue weighted by Gasteiger charge is -2.32. The molecule has 1 fully saturated rings. The van der Waals surface area contributed by atoms with Gasteiger partial charge in [0.05, 0.1) is 39.3 Å². The van der Waals surface area contributed by atoms with Crippen LogP contribution in [0.15, 0.2) is 39.9 Å². The Morgan fingerprint density at radius 1 is 1.15 bits per heavy atom. The third-order valence-electron chi connectivity index (χ3n) is 5.50. The third-order valence-corrected chi connectivity index (χ3v) is 5.50. The molecular weight excluding hydrogens is 344 g/mol. The first kappa shape index (κ1) is 17.5. The van der Waals surface area contributed by atoms with Crippen LogP contribution in [-0.4, -0.2) is 52.3 Å². The molecule has 0 amide bonds. The minimum atomic E-state index is -0.445. The average Bonchev–Trinajstić information content (AvgIpc) is 3.08. The van der Waals surface area contributed by atoms with E-state index in [1.807, 2.05) is 34.9 Å². The van der Waals surface area contributed by atoms with Gasteiger partial charge in [0.1, 0.15) is 0 Å². The van der Waals surface area contributed by atoms with Crippen molar-refractivity contribution in [3.63, 3.8) is 0 Å². The van der Waals surface area contributed by atoms with E-state index in [1.165, 1.54) is 9.47 Å². The van der Waals surface area contributed by atoms with Crippen molar-refractivity contribution in [1.29, 1.82) is 0 Å². The van der Waals surface area contributed by atoms with Gasteiger partial charge in [0.15, 0.2) is 11.2 Å². The first-order chi connectivity index (χ1) is 13.0. The quantitative estimate of drug-likeness (QED) is 0.644. The van der Waals surface area contributed by atoms with Crippen molar-refractivity contribution in [1.82, 2.24) is 19.1 Å². The summed E-state index contributed by atoms with van der Waals surface area (Å²) in [7, 11) is 3.82. The number of nitrogens with zero attached hydrogens (tertiary/aromatic N) is 4. The zero-order valence-corrected chi connectivity index (χ0v) is 15.9. The molecule has 8 nitrogen and oxygen atoms in total. The fourth-order valence-corrected chi connectivity index (χ4v) is 3.75. The lowest BCUT2D eigenvalue weighted by Crippen LogP contribution is -3.12. The molecule has 2 aromatic heterocycles. The van der Waals surface area contributed by atoms with E-state index in [0.717, 1.165) is 37.7 Å². The van der Waals surface area contributed by atoms with Crippen LogP contribution in [0.2, 0.25) is 0 Å². The minimum absolute atomic E-state index is 0.0863. The van der Waals surface area contributed by atoms with Gasteiger partial charge < -0.3 is 9.80 Å². The molecule has 0 saturated carbocycles. The van der Waals surface area contributed by atoms with Crippen molar-refractivity contribution in [2.75, 3.05) is 38.1 Å². The van der Waals surface area contributed by atoms with Crippen LogP contribution in [0.25, 0.3) is 11.2 Å². The SMILES string of the molecule is C[C@H](c1ccccc1)n1c(N2CC[NH+](C)CC2)nc2c1c(=O)[nH]c(=O)n2C. The van der Waals surface area contributed by atoms with Gasteiger partial charge in [-0.1, -0.05) is 30.3 Å². The van der Waals surface area contributed by atoms with Crippen LogP contribution in [0, 0.1) is 0 Å². The highest BCUT2D eigenvalue weighted by Crippen LogP contribution is 2.28. The number of anilines is 1. The summed E-state index contributed by atoms with van der Waals surface area (Å²) in [6.45, 7) is 5.81. The number of aryl methyl sites for hydroxylation is 1. The van der Waals surface area contributed by atoms with Gasteiger partial charge in [-0.25, -0.2) is 4.79 Å². The number of aromatic amines is 1. The molecule has 0 radical (unpaired) electrons. The van der Waals surface area contributed by atoms with Crippen molar-refractivity contribution < 1.29 is 4.90 Å². The van der Waals surface area contributed by atoms with E-state index in [9.17, 15) is 9.59 Å². The number of hydrogen-bond acceptors (Lipinski definition) is 4. The van der Waals surface area contributed by atoms with Crippen molar-refractivity contribution in [3.05, 3.63) is 56.7 Å². The molecule has 1 atom stereocenters. The van der Waals surface area contributed by atoms with E-state index >= 15 is 0 Å². The second-order valence-corrected chi connectivity index (χ2v) is 7.30. The molecule has 27 heavy (non-hydrogen) atoms. The number of likely N-dealkylation sites (N-methyl/N-ethyl adjacent to an activating group) is 1. The molecule has 1 aromatic carbocycles. The van der Waals surface area contributed by atoms with Crippen LogP contribution in [-0.2, 0) is 7.05 Å². The van der Waals surface area contributed by atoms with E-state index in [2.05, 4.69) is 23.9 Å². The number of H-pyrrole nitrogens is 1. The number of fused-ring (bicyclic) bond motifs is 1. The lowest BCUT2D eigenvalue weighted by atomic mass is 10.1. The highest BCUT2D eigenvalue weighted by Gasteiger charge is 2.27. The van der Waals surface area contributed by atoms with Gasteiger partial charge in [0.2, 0.25) is 5.95 Å². The molecule has 142 valence electrons. The number of rotatable bonds is 3. The Morgan fingerprint density at radius 3 is 2.48 bits per heavy atom. The fourth-order valence-electron chi connectivity index (χ4n) is 3.75. The number of piperazine rings is 1. The molecule has 2 N–H and O–H groups in total. The van der Waals surface area contributed by atoms with Gasteiger partial charge in [0.25, 0.3) is 5.56 Å². The summed E-state index contributed by atoms with van der Waals surface area (Å²) in [6, 6.07) is 9.96. The number of hydrogen-bond donors (Lipinski definition) is 2. The summed E-state index contributed by atoms with van der Waals surface area (Å²) < 4.78 is 3.39. The molecule has 3 aromatic rings. The zero-order valence-electron chi connectivity index (χ0n) is 15.9. The molecule has 1 aliphatic heterocycles. The first-order valence-electron chi connectivity index (χ1n) is 9.30. The first-order valence-corrected chi connectivity index (χ1v) is 9.30. The van der Waals surface area contributed by atoms with Gasteiger partial charge in [-0.2, -0.15) is 4.98 Å². The van der Waals surface area contributed by atoms with Gasteiger partial charge in [-0.3, -0.25) is 18.9 Å². The predicted octanol–water partition coefficient (Wildman–Crippen LogP) is -0.633. The molecule has 0 spiro atoms. The Bertz CT molecular complexity index is 1070. The molecule has 3 heterocycles. The highest BCUT2D eigenvalue weighted by molar-refractivity contribution is 5.75. The molecule has 4 rings (SSSR count). The number of aromatic nitrogens is 4. The van der Waals surface area contributed by atoms with Crippen LogP contribution < -0.4 is 21.0 Å². The number of nitrogens with one attached hydrogen (secondary N) is 2. The molecule has 1 aliphatic rings. The second-order valence-electron chi connectivity index (χ2n) is 7.30. The van der Waals surface area contributed by atoms with Gasteiger partial charge in [-0.05, 0) is 12.5 Å². The summed E-state index contributed by atoms with van der Waals surface area (Å²) in [5.41, 5.74) is 1.11. The van der Waals surface area contributed by atoms with Gasteiger partial charge in [0, 0.05) is 7.05 Å². The van der Waals surface area contributed by atoms with Crippen molar-refractivity contribution >= 4 is 17.1 Å². The average molecular weight is 369 g/mol. The van der Waals surface area contributed by atoms with Gasteiger partial charge >= 0.3 is 5.69 Å². The van der Waals surface area contributed by atoms with Crippen LogP contribution >= 0.6 is 0 Å². The molecular formula is C19H25N6O2+. The maximum absolute atomic E-state index is 12.7. The maximum atomic E-state index is 12.7. The number of benzene rings is 1. The Morgan fingerprint density at radius 2 is 1.81 bits per heavy atom. The van der Waals surface area contributed by atoms with E-state index in [-0.39, 0.29) is 6.04 Å². The summed E-state index contributed by atoms with van der Waals surface area (Å²) >= 11 is 0. The predicted molar refractivity (Wildman–Crippen MR) is 105 cm³/mol. The summed E-state index contributed by atoms with van der Waals surface area (Å²) in [5, 5.41) is 0. The van der Waals surface area contributed by atoms with Crippen molar-refractivity contribution in [2.24, 2.45) is 7.05 Å². The maximum Gasteiger partial charge on any atom is 0.329 e. The normalized spacial score (nSPS) is 16.8. The van der Waals surface area contributed by atoms with Gasteiger partial charge in [-0.15, -0.1) is 0 Å². The Kier molecular flexibility index (Phi) is 4.35. The monoisotopic (exact) mass is 369 g/mol. The highest BCUT2D eigenvalue weighted by atomic mass is 16.2. The Labute approximate surface area is 156 Å². The van der Waals surface area contributed by atoms with Crippen molar-refractivity contribution in [3.8, 4) is 0 Å². The second kappa shape index (κ2) is 6.70. The van der Waals surface area contributed by atoms with E-state index in [1.54, 1.807) is 7.05 Å². The smallest absolute Gasteiger partial charge is 0.329 e. The topological polar surface area (TPSA) is 80.4 Å². The van der Waals surface area contributed by atoms with E-state index < -0.39 is 11.2 Å². The Hall–Kier alpha value is -2.87. The number of quaternary nitrogens is 1. The van der Waals surface area contributed by atoms with Crippen LogP contribution in [0.3, 0.4) is 0 Å².